The van der Waals surface area contributed by atoms with Crippen molar-refractivity contribution in [1.82, 2.24) is 19.9 Å². The van der Waals surface area contributed by atoms with Crippen molar-refractivity contribution in [3.05, 3.63) is 59.0 Å². The number of hydrogen-bond acceptors (Lipinski definition) is 10. The van der Waals surface area contributed by atoms with Gasteiger partial charge in [-0.15, -0.1) is 11.8 Å². The van der Waals surface area contributed by atoms with Gasteiger partial charge in [0.25, 0.3) is 11.8 Å². The van der Waals surface area contributed by atoms with Crippen molar-refractivity contribution in [3.8, 4) is 17.0 Å². The molecule has 2 atom stereocenters. The fraction of sp³-hybridized carbons (Fsp3) is 0.333. The number of halogens is 1. The number of carbonyl (C=O) groups excluding carboxylic acids is 4. The third kappa shape index (κ3) is 5.83. The second-order valence-corrected chi connectivity index (χ2v) is 13.9. The van der Waals surface area contributed by atoms with E-state index in [-0.39, 0.29) is 35.2 Å². The summed E-state index contributed by atoms with van der Waals surface area (Å²) in [5.74, 6) is -2.56. The van der Waals surface area contributed by atoms with E-state index in [4.69, 9.17) is 14.2 Å². The first-order valence-electron chi connectivity index (χ1n) is 14.2. The van der Waals surface area contributed by atoms with E-state index in [0.29, 0.717) is 33.3 Å². The lowest BCUT2D eigenvalue weighted by Gasteiger charge is -2.49. The van der Waals surface area contributed by atoms with Gasteiger partial charge in [-0.2, -0.15) is 0 Å². The highest BCUT2D eigenvalue weighted by atomic mass is 32.2. The van der Waals surface area contributed by atoms with Crippen LogP contribution in [-0.4, -0.2) is 78.5 Å². The summed E-state index contributed by atoms with van der Waals surface area (Å²) in [5.41, 5.74) is 2.54. The Balaban J connectivity index is 1.15. The van der Waals surface area contributed by atoms with Crippen LogP contribution in [0.4, 0.5) is 4.39 Å². The summed E-state index contributed by atoms with van der Waals surface area (Å²) in [6.07, 6.45) is -0.458. The first-order chi connectivity index (χ1) is 21.8. The zero-order chi connectivity index (χ0) is 32.9. The molecular weight excluding hydrogens is 643 g/mol. The number of carbonyl (C=O) groups is 4. The Morgan fingerprint density at radius 3 is 2.70 bits per heavy atom. The van der Waals surface area contributed by atoms with Crippen molar-refractivity contribution >= 4 is 56.4 Å². The number of thioether (sulfide) groups is 1. The Morgan fingerprint density at radius 2 is 1.96 bits per heavy atom. The number of nitrogens with one attached hydrogen (secondary N) is 3. The Kier molecular flexibility index (Phi) is 8.29. The third-order valence-electron chi connectivity index (χ3n) is 7.54. The fourth-order valence-electron chi connectivity index (χ4n) is 5.51. The molecule has 0 spiro atoms. The molecule has 3 aliphatic rings. The number of ether oxygens (including phenoxy) is 3. The van der Waals surface area contributed by atoms with Crippen LogP contribution in [0.2, 0.25) is 0 Å². The van der Waals surface area contributed by atoms with E-state index in [2.05, 4.69) is 15.0 Å². The molecule has 3 aromatic rings. The molecule has 242 valence electrons. The number of aromatic nitrogens is 1. The number of rotatable bonds is 8. The maximum Gasteiger partial charge on any atom is 0.355 e. The summed E-state index contributed by atoms with van der Waals surface area (Å²) >= 11 is 1.29. The SMILES string of the molecule is CC(=O)OCC1=C(C(=O)OC(C)C)N2C(=O)C(NC(=O)COc3ccc4c(c3)S(=O)(=O)NCc3c-4[nH]c4ccc(F)cc34)C2SC1. The number of H-pyrrole nitrogens is 1. The smallest absolute Gasteiger partial charge is 0.355 e. The number of nitrogens with zero attached hydrogens (tertiary/aromatic N) is 1. The van der Waals surface area contributed by atoms with Crippen LogP contribution in [0.15, 0.2) is 52.6 Å². The zero-order valence-electron chi connectivity index (χ0n) is 24.8. The van der Waals surface area contributed by atoms with Crippen LogP contribution >= 0.6 is 11.8 Å². The normalized spacial score (nSPS) is 19.8. The Hall–Kier alpha value is -4.41. The molecule has 1 saturated heterocycles. The monoisotopic (exact) mass is 672 g/mol. The second-order valence-electron chi connectivity index (χ2n) is 11.1. The molecule has 0 radical (unpaired) electrons. The Labute approximate surface area is 266 Å². The molecule has 2 amide bonds. The fourth-order valence-corrected chi connectivity index (χ4v) is 8.05. The van der Waals surface area contributed by atoms with Gasteiger partial charge in [-0.3, -0.25) is 19.3 Å². The molecule has 1 aromatic heterocycles. The van der Waals surface area contributed by atoms with Gasteiger partial charge in [-0.1, -0.05) is 0 Å². The molecule has 16 heteroatoms. The van der Waals surface area contributed by atoms with Gasteiger partial charge in [0.15, 0.2) is 6.61 Å². The van der Waals surface area contributed by atoms with Crippen LogP contribution in [0.25, 0.3) is 22.2 Å². The van der Waals surface area contributed by atoms with Crippen molar-refractivity contribution in [1.29, 1.82) is 0 Å². The van der Waals surface area contributed by atoms with Crippen molar-refractivity contribution in [3.63, 3.8) is 0 Å². The predicted octanol–water partition coefficient (Wildman–Crippen LogP) is 2.31. The molecule has 3 N–H and O–H groups in total. The minimum atomic E-state index is -3.99. The van der Waals surface area contributed by atoms with E-state index >= 15 is 0 Å². The lowest BCUT2D eigenvalue weighted by Crippen LogP contribution is -2.71. The average Bonchev–Trinajstić information content (AvgIpc) is 3.31. The largest absolute Gasteiger partial charge is 0.484 e. The Bertz CT molecular complexity index is 1940. The molecule has 0 aliphatic carbocycles. The molecule has 0 bridgehead atoms. The first kappa shape index (κ1) is 31.6. The number of amides is 2. The van der Waals surface area contributed by atoms with Crippen LogP contribution in [-0.2, 0) is 45.2 Å². The van der Waals surface area contributed by atoms with Crippen LogP contribution in [0, 0.1) is 5.82 Å². The van der Waals surface area contributed by atoms with E-state index in [0.717, 1.165) is 0 Å². The maximum atomic E-state index is 13.9. The Morgan fingerprint density at radius 1 is 1.17 bits per heavy atom. The summed E-state index contributed by atoms with van der Waals surface area (Å²) in [6, 6.07) is 7.62. The van der Waals surface area contributed by atoms with Gasteiger partial charge < -0.3 is 24.5 Å². The molecule has 4 heterocycles. The number of sulfonamides is 1. The van der Waals surface area contributed by atoms with E-state index in [1.807, 2.05) is 0 Å². The van der Waals surface area contributed by atoms with Crippen molar-refractivity contribution < 1.29 is 46.2 Å². The van der Waals surface area contributed by atoms with Gasteiger partial charge in [0.1, 0.15) is 35.3 Å². The molecule has 3 aliphatic heterocycles. The molecule has 6 rings (SSSR count). The van der Waals surface area contributed by atoms with E-state index in [1.165, 1.54) is 47.9 Å². The second kappa shape index (κ2) is 12.1. The third-order valence-corrected chi connectivity index (χ3v) is 10.3. The number of esters is 2. The molecule has 2 aromatic carbocycles. The maximum absolute atomic E-state index is 13.9. The zero-order valence-corrected chi connectivity index (χ0v) is 26.5. The van der Waals surface area contributed by atoms with Crippen molar-refractivity contribution in [2.45, 2.75) is 49.7 Å². The van der Waals surface area contributed by atoms with E-state index < -0.39 is 63.7 Å². The molecular formula is C30H29FN4O9S2. The summed E-state index contributed by atoms with van der Waals surface area (Å²) < 4.78 is 58.7. The van der Waals surface area contributed by atoms with Gasteiger partial charge in [-0.05, 0) is 44.2 Å². The summed E-state index contributed by atoms with van der Waals surface area (Å²) in [4.78, 5) is 54.6. The van der Waals surface area contributed by atoms with Crippen molar-refractivity contribution in [2.24, 2.45) is 0 Å². The highest BCUT2D eigenvalue weighted by Crippen LogP contribution is 2.41. The summed E-state index contributed by atoms with van der Waals surface area (Å²) in [6.45, 7) is 3.79. The molecule has 2 unspecified atom stereocenters. The van der Waals surface area contributed by atoms with Gasteiger partial charge in [0.05, 0.1) is 16.7 Å². The van der Waals surface area contributed by atoms with Crippen molar-refractivity contribution in [2.75, 3.05) is 19.0 Å². The summed E-state index contributed by atoms with van der Waals surface area (Å²) in [7, 11) is -3.99. The molecule has 1 fully saturated rings. The number of aromatic amines is 1. The van der Waals surface area contributed by atoms with E-state index in [1.54, 1.807) is 26.0 Å². The first-order valence-corrected chi connectivity index (χ1v) is 16.7. The van der Waals surface area contributed by atoms with Gasteiger partial charge in [0, 0.05) is 52.9 Å². The van der Waals surface area contributed by atoms with Crippen LogP contribution in [0.1, 0.15) is 26.3 Å². The average molecular weight is 673 g/mol. The number of β-lactam (4-membered cyclic amide) rings is 1. The standard InChI is InChI=1S/C30H29FN4O9S2/c1-14(2)44-30(39)27-16(11-42-15(3)36)13-45-29-26(28(38)35(27)29)34-24(37)12-43-18-5-6-19-23(9-18)46(40,41)32-10-21-20-8-17(31)4-7-22(20)33-25(19)21/h4-9,14,26,29,32-33H,10-13H2,1-3H3,(H,34,37). The lowest BCUT2D eigenvalue weighted by atomic mass is 10.0. The van der Waals surface area contributed by atoms with Gasteiger partial charge in [0.2, 0.25) is 10.0 Å². The highest BCUT2D eigenvalue weighted by molar-refractivity contribution is 8.00. The lowest BCUT2D eigenvalue weighted by molar-refractivity contribution is -0.155. The predicted molar refractivity (Wildman–Crippen MR) is 163 cm³/mol. The van der Waals surface area contributed by atoms with Crippen LogP contribution < -0.4 is 14.8 Å². The van der Waals surface area contributed by atoms with Gasteiger partial charge >= 0.3 is 11.9 Å². The highest BCUT2D eigenvalue weighted by Gasteiger charge is 2.54. The summed E-state index contributed by atoms with van der Waals surface area (Å²) in [5, 5.41) is 2.58. The van der Waals surface area contributed by atoms with Crippen LogP contribution in [0.3, 0.4) is 0 Å². The molecule has 13 nitrogen and oxygen atoms in total. The van der Waals surface area contributed by atoms with Crippen LogP contribution in [0.5, 0.6) is 5.75 Å². The minimum Gasteiger partial charge on any atom is -0.484 e. The quantitative estimate of drug-likeness (QED) is 0.238. The number of fused-ring (bicyclic) bond motifs is 6. The number of benzene rings is 2. The van der Waals surface area contributed by atoms with Gasteiger partial charge in [-0.25, -0.2) is 22.3 Å². The van der Waals surface area contributed by atoms with E-state index in [9.17, 15) is 32.0 Å². The minimum absolute atomic E-state index is 0.00602. The number of hydrogen-bond donors (Lipinski definition) is 3. The topological polar surface area (TPSA) is 173 Å². The molecule has 46 heavy (non-hydrogen) atoms. The molecule has 0 saturated carbocycles.